The highest BCUT2D eigenvalue weighted by Gasteiger charge is 2.45. The van der Waals surface area contributed by atoms with E-state index in [1.807, 2.05) is 0 Å². The smallest absolute Gasteiger partial charge is 0.278 e. The molecule has 0 amide bonds. The number of halogens is 4. The molecule has 2 N–H and O–H groups in total. The minimum atomic E-state index is -5.45. The molecule has 2 rings (SSSR count). The molecule has 13 heteroatoms. The molecule has 6 nitrogen and oxygen atoms in total. The van der Waals surface area contributed by atoms with E-state index in [-0.39, 0.29) is 22.0 Å². The summed E-state index contributed by atoms with van der Waals surface area (Å²) in [6, 6.07) is 4.38. The van der Waals surface area contributed by atoms with Gasteiger partial charge < -0.3 is 0 Å². The Morgan fingerprint density at radius 2 is 1.81 bits per heavy atom. The molecule has 0 aliphatic carbocycles. The van der Waals surface area contributed by atoms with Crippen molar-refractivity contribution < 1.29 is 30.0 Å². The number of anilines is 1. The highest BCUT2D eigenvalue weighted by Crippen LogP contribution is 2.28. The minimum Gasteiger partial charge on any atom is -0.278 e. The second-order valence-electron chi connectivity index (χ2n) is 5.37. The van der Waals surface area contributed by atoms with Gasteiger partial charge in [0.25, 0.3) is 10.0 Å². The molecule has 1 aromatic carbocycles. The third-order valence-electron chi connectivity index (χ3n) is 3.49. The molecule has 0 spiro atoms. The number of hydrogen-bond acceptors (Lipinski definition) is 5. The highest BCUT2D eigenvalue weighted by atomic mass is 35.5. The fourth-order valence-electron chi connectivity index (χ4n) is 2.09. The summed E-state index contributed by atoms with van der Waals surface area (Å²) in [5.74, 6) is 0. The maximum Gasteiger partial charge on any atom is 0.511 e. The number of thiophene rings is 1. The fraction of sp³-hybridized carbons (Fsp3) is 0.286. The van der Waals surface area contributed by atoms with E-state index in [0.29, 0.717) is 11.1 Å². The van der Waals surface area contributed by atoms with E-state index in [1.54, 1.807) is 6.07 Å². The van der Waals surface area contributed by atoms with E-state index in [4.69, 9.17) is 11.6 Å². The predicted octanol–water partition coefficient (Wildman–Crippen LogP) is 3.49. The maximum absolute atomic E-state index is 12.6. The van der Waals surface area contributed by atoms with E-state index < -0.39 is 32.1 Å². The Morgan fingerprint density at radius 1 is 1.15 bits per heavy atom. The van der Waals surface area contributed by atoms with Crippen molar-refractivity contribution in [3.05, 3.63) is 45.1 Å². The second-order valence-corrected chi connectivity index (χ2v) is 9.93. The van der Waals surface area contributed by atoms with E-state index >= 15 is 0 Å². The quantitative estimate of drug-likeness (QED) is 0.658. The second kappa shape index (κ2) is 7.95. The average molecular weight is 463 g/mol. The first-order valence-corrected chi connectivity index (χ1v) is 11.5. The van der Waals surface area contributed by atoms with Gasteiger partial charge in [0.1, 0.15) is 0 Å². The molecule has 0 bridgehead atoms. The molecule has 0 radical (unpaired) electrons. The van der Waals surface area contributed by atoms with Crippen LogP contribution in [0.2, 0.25) is 5.02 Å². The van der Waals surface area contributed by atoms with Gasteiger partial charge in [-0.05, 0) is 42.0 Å². The fourth-order valence-corrected chi connectivity index (χ4v) is 5.11. The van der Waals surface area contributed by atoms with E-state index in [2.05, 4.69) is 4.72 Å². The lowest BCUT2D eigenvalue weighted by molar-refractivity contribution is -0.0447. The van der Waals surface area contributed by atoms with Gasteiger partial charge in [0.15, 0.2) is 0 Å². The first-order chi connectivity index (χ1) is 12.3. The monoisotopic (exact) mass is 462 g/mol. The van der Waals surface area contributed by atoms with Crippen LogP contribution in [0.5, 0.6) is 0 Å². The first kappa shape index (κ1) is 22.0. The van der Waals surface area contributed by atoms with Crippen LogP contribution in [-0.2, 0) is 26.5 Å². The molecule has 0 fully saturated rings. The van der Waals surface area contributed by atoms with Crippen molar-refractivity contribution in [2.24, 2.45) is 0 Å². The highest BCUT2D eigenvalue weighted by molar-refractivity contribution is 7.92. The van der Waals surface area contributed by atoms with E-state index in [1.165, 1.54) is 34.5 Å². The first-order valence-electron chi connectivity index (χ1n) is 7.24. The molecule has 0 aliphatic heterocycles. The van der Waals surface area contributed by atoms with Crippen LogP contribution >= 0.6 is 22.9 Å². The molecule has 150 valence electrons. The Hall–Kier alpha value is -1.34. The van der Waals surface area contributed by atoms with Crippen LogP contribution in [0.25, 0.3) is 0 Å². The van der Waals surface area contributed by atoms with Crippen LogP contribution in [-0.4, -0.2) is 28.9 Å². The summed E-state index contributed by atoms with van der Waals surface area (Å²) in [5.41, 5.74) is -4.55. The van der Waals surface area contributed by atoms with Gasteiger partial charge in [-0.1, -0.05) is 17.7 Å². The summed E-state index contributed by atoms with van der Waals surface area (Å²) in [6.45, 7) is 1.00. The lowest BCUT2D eigenvalue weighted by atomic mass is 10.2. The predicted molar refractivity (Wildman–Crippen MR) is 98.0 cm³/mol. The topological polar surface area (TPSA) is 92.3 Å². The maximum atomic E-state index is 12.6. The number of rotatable bonds is 7. The molecule has 0 saturated carbocycles. The average Bonchev–Trinajstić information content (AvgIpc) is 2.95. The van der Waals surface area contributed by atoms with Crippen LogP contribution in [0.4, 0.5) is 18.9 Å². The number of sulfonamides is 2. The van der Waals surface area contributed by atoms with Crippen molar-refractivity contribution in [1.82, 2.24) is 4.72 Å². The Labute approximate surface area is 163 Å². The zero-order chi connectivity index (χ0) is 20.5. The standard InChI is InChI=1S/C14H14ClF3N2O4S3/c1-9-11(15)3-2-4-13(9)26(21,22)20-12-8-25-7-10(12)5-6-19-27(23,24)14(16,17)18/h2-4,7-8,19-20H,5-6H2,1H3. The van der Waals surface area contributed by atoms with Gasteiger partial charge in [0, 0.05) is 16.9 Å². The Bertz CT molecular complexity index is 1030. The van der Waals surface area contributed by atoms with Crippen molar-refractivity contribution in [2.45, 2.75) is 23.7 Å². The summed E-state index contributed by atoms with van der Waals surface area (Å²) in [4.78, 5) is -0.0371. The van der Waals surface area contributed by atoms with Gasteiger partial charge in [-0.15, -0.1) is 11.3 Å². The van der Waals surface area contributed by atoms with Gasteiger partial charge in [-0.3, -0.25) is 4.72 Å². The molecule has 27 heavy (non-hydrogen) atoms. The van der Waals surface area contributed by atoms with Crippen molar-refractivity contribution in [2.75, 3.05) is 11.3 Å². The number of nitrogens with one attached hydrogen (secondary N) is 2. The molecule has 0 aliphatic rings. The summed E-state index contributed by atoms with van der Waals surface area (Å²) in [6.07, 6.45) is -0.134. The number of benzene rings is 1. The lowest BCUT2D eigenvalue weighted by Gasteiger charge is -2.12. The van der Waals surface area contributed by atoms with Crippen molar-refractivity contribution in [3.63, 3.8) is 0 Å². The molecular formula is C14H14ClF3N2O4S3. The van der Waals surface area contributed by atoms with Crippen molar-refractivity contribution in [3.8, 4) is 0 Å². The van der Waals surface area contributed by atoms with Crippen LogP contribution in [0.15, 0.2) is 33.9 Å². The Morgan fingerprint density at radius 3 is 2.44 bits per heavy atom. The van der Waals surface area contributed by atoms with Gasteiger partial charge >= 0.3 is 15.5 Å². The largest absolute Gasteiger partial charge is 0.511 e. The summed E-state index contributed by atoms with van der Waals surface area (Å²) < 4.78 is 87.8. The van der Waals surface area contributed by atoms with E-state index in [0.717, 1.165) is 11.3 Å². The minimum absolute atomic E-state index is 0.0371. The molecule has 0 saturated heterocycles. The normalized spacial score (nSPS) is 12.9. The lowest BCUT2D eigenvalue weighted by Crippen LogP contribution is -2.37. The molecule has 0 unspecified atom stereocenters. The van der Waals surface area contributed by atoms with E-state index in [9.17, 15) is 30.0 Å². The van der Waals surface area contributed by atoms with Gasteiger partial charge in [-0.25, -0.2) is 21.6 Å². The Kier molecular flexibility index (Phi) is 6.47. The number of alkyl halides is 3. The third kappa shape index (κ3) is 5.13. The summed E-state index contributed by atoms with van der Waals surface area (Å²) >= 11 is 7.05. The van der Waals surface area contributed by atoms with Gasteiger partial charge in [0.2, 0.25) is 0 Å². The zero-order valence-corrected chi connectivity index (χ0v) is 16.9. The molecule has 2 aromatic rings. The van der Waals surface area contributed by atoms with Gasteiger partial charge in [-0.2, -0.15) is 13.2 Å². The third-order valence-corrected chi connectivity index (χ3v) is 7.39. The summed E-state index contributed by atoms with van der Waals surface area (Å²) in [5, 5.41) is 3.25. The van der Waals surface area contributed by atoms with Crippen molar-refractivity contribution >= 4 is 48.7 Å². The Balaban J connectivity index is 2.14. The summed E-state index contributed by atoms with van der Waals surface area (Å²) in [7, 11) is -9.43. The van der Waals surface area contributed by atoms with Crippen LogP contribution in [0, 0.1) is 6.92 Å². The SMILES string of the molecule is Cc1c(Cl)cccc1S(=O)(=O)Nc1cscc1CCNS(=O)(=O)C(F)(F)F. The molecular weight excluding hydrogens is 449 g/mol. The van der Waals surface area contributed by atoms with Crippen LogP contribution in [0.3, 0.4) is 0 Å². The zero-order valence-electron chi connectivity index (χ0n) is 13.7. The number of hydrogen-bond donors (Lipinski definition) is 2. The molecule has 1 aromatic heterocycles. The molecule has 0 atom stereocenters. The molecule has 1 heterocycles. The van der Waals surface area contributed by atoms with Crippen LogP contribution < -0.4 is 9.44 Å². The van der Waals surface area contributed by atoms with Gasteiger partial charge in [0.05, 0.1) is 10.6 Å². The van der Waals surface area contributed by atoms with Crippen molar-refractivity contribution in [1.29, 1.82) is 0 Å². The van der Waals surface area contributed by atoms with Crippen LogP contribution in [0.1, 0.15) is 11.1 Å².